The number of halogens is 1. The van der Waals surface area contributed by atoms with Crippen LogP contribution >= 0.6 is 0 Å². The van der Waals surface area contributed by atoms with Crippen LogP contribution < -0.4 is 10.6 Å². The van der Waals surface area contributed by atoms with Gasteiger partial charge in [0, 0.05) is 18.8 Å². The smallest absolute Gasteiger partial charge is 0.234 e. The summed E-state index contributed by atoms with van der Waals surface area (Å²) in [4.78, 5) is 26.7. The van der Waals surface area contributed by atoms with Gasteiger partial charge in [0.05, 0.1) is 12.5 Å². The van der Waals surface area contributed by atoms with E-state index in [9.17, 15) is 14.0 Å². The molecule has 142 valence electrons. The molecule has 5 nitrogen and oxygen atoms in total. The number of piperidine rings is 1. The highest BCUT2D eigenvalue weighted by Crippen LogP contribution is 2.18. The van der Waals surface area contributed by atoms with Crippen molar-refractivity contribution in [3.05, 3.63) is 66.0 Å². The third-order valence-corrected chi connectivity index (χ3v) is 4.69. The lowest BCUT2D eigenvalue weighted by atomic mass is 9.97. The summed E-state index contributed by atoms with van der Waals surface area (Å²) in [5.41, 5.74) is 1.64. The lowest BCUT2D eigenvalue weighted by Gasteiger charge is -2.31. The van der Waals surface area contributed by atoms with Gasteiger partial charge in [0.25, 0.3) is 0 Å². The van der Waals surface area contributed by atoms with E-state index >= 15 is 0 Å². The molecule has 1 atom stereocenters. The normalized spacial score (nSPS) is 17.3. The topological polar surface area (TPSA) is 61.4 Å². The van der Waals surface area contributed by atoms with E-state index in [0.717, 1.165) is 30.6 Å². The Kier molecular flexibility index (Phi) is 6.54. The average molecular weight is 369 g/mol. The molecule has 27 heavy (non-hydrogen) atoms. The molecule has 0 unspecified atom stereocenters. The minimum absolute atomic E-state index is 0.00220. The first-order valence-electron chi connectivity index (χ1n) is 9.19. The first-order chi connectivity index (χ1) is 13.1. The highest BCUT2D eigenvalue weighted by Gasteiger charge is 2.26. The average Bonchev–Trinajstić information content (AvgIpc) is 2.68. The molecule has 3 rings (SSSR count). The van der Waals surface area contributed by atoms with Gasteiger partial charge in [-0.1, -0.05) is 30.3 Å². The summed E-state index contributed by atoms with van der Waals surface area (Å²) in [5.74, 6) is -0.511. The number of anilines is 1. The van der Waals surface area contributed by atoms with Gasteiger partial charge < -0.3 is 10.6 Å². The second-order valence-corrected chi connectivity index (χ2v) is 6.83. The van der Waals surface area contributed by atoms with E-state index in [4.69, 9.17) is 0 Å². The van der Waals surface area contributed by atoms with Crippen molar-refractivity contribution in [1.29, 1.82) is 0 Å². The minimum Gasteiger partial charge on any atom is -0.351 e. The fraction of sp³-hybridized carbons (Fsp3) is 0.333. The molecule has 2 aromatic rings. The Morgan fingerprint density at radius 3 is 2.56 bits per heavy atom. The van der Waals surface area contributed by atoms with Gasteiger partial charge in [0.2, 0.25) is 11.8 Å². The second kappa shape index (κ2) is 9.28. The van der Waals surface area contributed by atoms with Crippen LogP contribution in [0.25, 0.3) is 0 Å². The summed E-state index contributed by atoms with van der Waals surface area (Å²) in [6.07, 6.45) is 1.71. The number of hydrogen-bond donors (Lipinski definition) is 2. The number of nitrogens with zero attached hydrogens (tertiary/aromatic N) is 1. The Labute approximate surface area is 158 Å². The molecule has 2 amide bonds. The summed E-state index contributed by atoms with van der Waals surface area (Å²) < 4.78 is 12.9. The second-order valence-electron chi connectivity index (χ2n) is 6.83. The van der Waals surface area contributed by atoms with Crippen LogP contribution in [0, 0.1) is 11.7 Å². The maximum Gasteiger partial charge on any atom is 0.234 e. The van der Waals surface area contributed by atoms with E-state index in [0.29, 0.717) is 13.1 Å². The standard InChI is InChI=1S/C21H24FN3O2/c22-18-10-8-16(9-11-18)13-23-20(26)15-25-12-4-5-17(14-25)21(27)24-19-6-2-1-3-7-19/h1-3,6-11,17H,4-5,12-15H2,(H,23,26)(H,24,27)/t17-/m1/s1. The highest BCUT2D eigenvalue weighted by molar-refractivity contribution is 5.92. The largest absolute Gasteiger partial charge is 0.351 e. The van der Waals surface area contributed by atoms with Crippen molar-refractivity contribution >= 4 is 17.5 Å². The summed E-state index contributed by atoms with van der Waals surface area (Å²) in [7, 11) is 0. The maximum absolute atomic E-state index is 12.9. The van der Waals surface area contributed by atoms with Crippen LogP contribution in [0.1, 0.15) is 18.4 Å². The Balaban J connectivity index is 1.45. The zero-order valence-corrected chi connectivity index (χ0v) is 15.2. The number of carbonyl (C=O) groups excluding carboxylic acids is 2. The minimum atomic E-state index is -0.293. The van der Waals surface area contributed by atoms with Gasteiger partial charge in [-0.05, 0) is 49.2 Å². The molecule has 1 aliphatic rings. The molecule has 1 fully saturated rings. The van der Waals surface area contributed by atoms with Crippen LogP contribution in [0.15, 0.2) is 54.6 Å². The molecule has 1 aliphatic heterocycles. The van der Waals surface area contributed by atoms with Crippen molar-refractivity contribution in [1.82, 2.24) is 10.2 Å². The number of benzene rings is 2. The van der Waals surface area contributed by atoms with Crippen LogP contribution in [0.3, 0.4) is 0 Å². The zero-order chi connectivity index (χ0) is 19.1. The Hall–Kier alpha value is -2.73. The molecule has 2 N–H and O–H groups in total. The molecule has 0 aromatic heterocycles. The third-order valence-electron chi connectivity index (χ3n) is 4.69. The molecule has 0 aliphatic carbocycles. The molecule has 2 aromatic carbocycles. The molecule has 0 bridgehead atoms. The number of nitrogens with one attached hydrogen (secondary N) is 2. The predicted molar refractivity (Wildman–Crippen MR) is 102 cm³/mol. The van der Waals surface area contributed by atoms with Gasteiger partial charge >= 0.3 is 0 Å². The van der Waals surface area contributed by atoms with E-state index in [2.05, 4.69) is 10.6 Å². The van der Waals surface area contributed by atoms with Crippen LogP contribution in [0.4, 0.5) is 10.1 Å². The molecule has 1 heterocycles. The number of carbonyl (C=O) groups is 2. The summed E-state index contributed by atoms with van der Waals surface area (Å²) >= 11 is 0. The first kappa shape index (κ1) is 19.0. The van der Waals surface area contributed by atoms with Crippen molar-refractivity contribution in [2.45, 2.75) is 19.4 Å². The zero-order valence-electron chi connectivity index (χ0n) is 15.2. The van der Waals surface area contributed by atoms with Crippen molar-refractivity contribution in [2.75, 3.05) is 25.0 Å². The van der Waals surface area contributed by atoms with Crippen molar-refractivity contribution in [3.8, 4) is 0 Å². The van der Waals surface area contributed by atoms with E-state index in [1.165, 1.54) is 12.1 Å². The maximum atomic E-state index is 12.9. The molecule has 0 spiro atoms. The Bertz CT molecular complexity index is 765. The van der Waals surface area contributed by atoms with Crippen molar-refractivity contribution < 1.29 is 14.0 Å². The van der Waals surface area contributed by atoms with Crippen LogP contribution in [-0.4, -0.2) is 36.3 Å². The first-order valence-corrected chi connectivity index (χ1v) is 9.19. The van der Waals surface area contributed by atoms with E-state index < -0.39 is 0 Å². The molecule has 0 saturated carbocycles. The number of para-hydroxylation sites is 1. The summed E-state index contributed by atoms with van der Waals surface area (Å²) in [6.45, 7) is 2.00. The Morgan fingerprint density at radius 1 is 1.07 bits per heavy atom. The Morgan fingerprint density at radius 2 is 1.81 bits per heavy atom. The van der Waals surface area contributed by atoms with E-state index in [1.807, 2.05) is 35.2 Å². The number of amides is 2. The SMILES string of the molecule is O=C(CN1CCC[C@@H](C(=O)Nc2ccccc2)C1)NCc1ccc(F)cc1. The fourth-order valence-corrected chi connectivity index (χ4v) is 3.24. The highest BCUT2D eigenvalue weighted by atomic mass is 19.1. The van der Waals surface area contributed by atoms with Gasteiger partial charge in [0.15, 0.2) is 0 Å². The van der Waals surface area contributed by atoms with Crippen molar-refractivity contribution in [2.24, 2.45) is 5.92 Å². The van der Waals surface area contributed by atoms with Crippen LogP contribution in [0.2, 0.25) is 0 Å². The van der Waals surface area contributed by atoms with Gasteiger partial charge in [-0.2, -0.15) is 0 Å². The van der Waals surface area contributed by atoms with Gasteiger partial charge in [-0.3, -0.25) is 14.5 Å². The van der Waals surface area contributed by atoms with Crippen LogP contribution in [0.5, 0.6) is 0 Å². The summed E-state index contributed by atoms with van der Waals surface area (Å²) in [5, 5.41) is 5.79. The fourth-order valence-electron chi connectivity index (χ4n) is 3.24. The van der Waals surface area contributed by atoms with Gasteiger partial charge in [-0.25, -0.2) is 4.39 Å². The van der Waals surface area contributed by atoms with Crippen LogP contribution in [-0.2, 0) is 16.1 Å². The molecular formula is C21H24FN3O2. The lowest BCUT2D eigenvalue weighted by Crippen LogP contribution is -2.45. The molecule has 6 heteroatoms. The molecule has 1 saturated heterocycles. The van der Waals surface area contributed by atoms with Gasteiger partial charge in [-0.15, -0.1) is 0 Å². The number of rotatable bonds is 6. The monoisotopic (exact) mass is 369 g/mol. The van der Waals surface area contributed by atoms with Gasteiger partial charge in [0.1, 0.15) is 5.82 Å². The quantitative estimate of drug-likeness (QED) is 0.823. The van der Waals surface area contributed by atoms with Crippen molar-refractivity contribution in [3.63, 3.8) is 0 Å². The number of hydrogen-bond acceptors (Lipinski definition) is 3. The lowest BCUT2D eigenvalue weighted by molar-refractivity contribution is -0.125. The molecular weight excluding hydrogens is 345 g/mol. The molecule has 0 radical (unpaired) electrons. The third kappa shape index (κ3) is 5.89. The summed E-state index contributed by atoms with van der Waals surface area (Å²) in [6, 6.07) is 15.5. The van der Waals surface area contributed by atoms with E-state index in [-0.39, 0.29) is 30.1 Å². The predicted octanol–water partition coefficient (Wildman–Crippen LogP) is 2.79. The van der Waals surface area contributed by atoms with E-state index in [1.54, 1.807) is 12.1 Å². The number of likely N-dealkylation sites (tertiary alicyclic amines) is 1.